The second-order valence-electron chi connectivity index (χ2n) is 8.64. The van der Waals surface area contributed by atoms with Gasteiger partial charge in [-0.25, -0.2) is 0 Å². The molecule has 0 aliphatic carbocycles. The van der Waals surface area contributed by atoms with Gasteiger partial charge in [-0.15, -0.1) is 0 Å². The number of hydrogen-bond acceptors (Lipinski definition) is 4. The summed E-state index contributed by atoms with van der Waals surface area (Å²) in [4.78, 5) is 28.7. The van der Waals surface area contributed by atoms with Crippen molar-refractivity contribution < 1.29 is 19.1 Å². The Kier molecular flexibility index (Phi) is 10.4. The number of nitrogens with zero attached hydrogens (tertiary/aromatic N) is 1. The average molecular weight is 553 g/mol. The summed E-state index contributed by atoms with van der Waals surface area (Å²) >= 11 is 3.51. The molecule has 7 heteroatoms. The van der Waals surface area contributed by atoms with Crippen molar-refractivity contribution in [2.75, 3.05) is 13.7 Å². The quantitative estimate of drug-likeness (QED) is 0.327. The summed E-state index contributed by atoms with van der Waals surface area (Å²) < 4.78 is 11.9. The first-order valence-corrected chi connectivity index (χ1v) is 12.8. The molecule has 0 bridgehead atoms. The second kappa shape index (κ2) is 13.7. The van der Waals surface area contributed by atoms with Gasteiger partial charge in [-0.3, -0.25) is 9.59 Å². The highest BCUT2D eigenvalue weighted by Crippen LogP contribution is 2.20. The molecule has 36 heavy (non-hydrogen) atoms. The summed E-state index contributed by atoms with van der Waals surface area (Å²) in [5.74, 6) is 0.803. The van der Waals surface area contributed by atoms with E-state index in [9.17, 15) is 9.59 Å². The molecule has 190 valence electrons. The van der Waals surface area contributed by atoms with E-state index in [-0.39, 0.29) is 31.0 Å². The number of benzene rings is 3. The lowest BCUT2D eigenvalue weighted by Gasteiger charge is -2.32. The van der Waals surface area contributed by atoms with E-state index in [1.54, 1.807) is 36.3 Å². The molecular formula is C29H33BrN2O4. The third-order valence-corrected chi connectivity index (χ3v) is 6.43. The normalized spacial score (nSPS) is 12.3. The van der Waals surface area contributed by atoms with Crippen molar-refractivity contribution in [1.29, 1.82) is 0 Å². The van der Waals surface area contributed by atoms with Crippen molar-refractivity contribution in [3.8, 4) is 11.5 Å². The number of rotatable bonds is 12. The van der Waals surface area contributed by atoms with Crippen molar-refractivity contribution in [1.82, 2.24) is 10.2 Å². The molecule has 0 saturated heterocycles. The summed E-state index contributed by atoms with van der Waals surface area (Å²) in [6.07, 6.45) is 1.19. The van der Waals surface area contributed by atoms with Crippen LogP contribution in [-0.2, 0) is 22.6 Å². The minimum atomic E-state index is -0.702. The Morgan fingerprint density at radius 1 is 0.944 bits per heavy atom. The summed E-state index contributed by atoms with van der Waals surface area (Å²) in [6.45, 7) is 4.06. The number of hydrogen-bond donors (Lipinski definition) is 1. The monoisotopic (exact) mass is 552 g/mol. The van der Waals surface area contributed by atoms with Crippen LogP contribution >= 0.6 is 15.9 Å². The standard InChI is InChI=1S/C29H33BrN2O4/c1-4-21(2)31-29(34)27(18-22-9-6-5-7-10-22)32(19-23-11-8-12-24(30)17-23)28(33)20-36-26-15-13-25(35-3)14-16-26/h5-17,21,27H,4,18-20H2,1-3H3,(H,31,34). The minimum Gasteiger partial charge on any atom is -0.497 e. The lowest BCUT2D eigenvalue weighted by molar-refractivity contribution is -0.143. The molecule has 0 heterocycles. The van der Waals surface area contributed by atoms with E-state index in [0.29, 0.717) is 17.9 Å². The van der Waals surface area contributed by atoms with Crippen molar-refractivity contribution in [2.45, 2.75) is 45.3 Å². The van der Waals surface area contributed by atoms with Gasteiger partial charge in [0.2, 0.25) is 5.91 Å². The van der Waals surface area contributed by atoms with Crippen LogP contribution in [0.3, 0.4) is 0 Å². The molecule has 0 saturated carbocycles. The van der Waals surface area contributed by atoms with E-state index in [1.807, 2.05) is 68.4 Å². The first-order chi connectivity index (χ1) is 17.4. The second-order valence-corrected chi connectivity index (χ2v) is 9.55. The minimum absolute atomic E-state index is 0.00542. The molecule has 0 aliphatic heterocycles. The lowest BCUT2D eigenvalue weighted by Crippen LogP contribution is -2.53. The predicted molar refractivity (Wildman–Crippen MR) is 145 cm³/mol. The van der Waals surface area contributed by atoms with Crippen LogP contribution in [0.25, 0.3) is 0 Å². The molecule has 1 N–H and O–H groups in total. The van der Waals surface area contributed by atoms with E-state index < -0.39 is 6.04 Å². The number of carbonyl (C=O) groups excluding carboxylic acids is 2. The van der Waals surface area contributed by atoms with Gasteiger partial charge < -0.3 is 19.7 Å². The molecule has 3 aromatic carbocycles. The molecule has 2 atom stereocenters. The number of halogens is 1. The molecule has 3 rings (SSSR count). The van der Waals surface area contributed by atoms with Gasteiger partial charge in [-0.2, -0.15) is 0 Å². The molecule has 0 aliphatic rings. The predicted octanol–water partition coefficient (Wildman–Crippen LogP) is 5.39. The number of ether oxygens (including phenoxy) is 2. The van der Waals surface area contributed by atoms with Crippen LogP contribution in [0.15, 0.2) is 83.3 Å². The van der Waals surface area contributed by atoms with Gasteiger partial charge in [0.1, 0.15) is 17.5 Å². The molecule has 2 amide bonds. The van der Waals surface area contributed by atoms with E-state index in [2.05, 4.69) is 21.2 Å². The first-order valence-electron chi connectivity index (χ1n) is 12.0. The van der Waals surface area contributed by atoms with Crippen LogP contribution in [0, 0.1) is 0 Å². The third-order valence-electron chi connectivity index (χ3n) is 5.94. The number of methoxy groups -OCH3 is 1. The molecule has 0 spiro atoms. The fraction of sp³-hybridized carbons (Fsp3) is 0.310. The SMILES string of the molecule is CCC(C)NC(=O)C(Cc1ccccc1)N(Cc1cccc(Br)c1)C(=O)COc1ccc(OC)cc1. The van der Waals surface area contributed by atoms with E-state index in [1.165, 1.54) is 0 Å². The van der Waals surface area contributed by atoms with Crippen molar-refractivity contribution in [3.05, 3.63) is 94.5 Å². The smallest absolute Gasteiger partial charge is 0.261 e. The fourth-order valence-corrected chi connectivity index (χ4v) is 4.17. The van der Waals surface area contributed by atoms with Crippen molar-refractivity contribution in [2.24, 2.45) is 0 Å². The van der Waals surface area contributed by atoms with Gasteiger partial charge in [0, 0.05) is 23.5 Å². The van der Waals surface area contributed by atoms with Gasteiger partial charge in [0.05, 0.1) is 7.11 Å². The molecule has 6 nitrogen and oxygen atoms in total. The summed E-state index contributed by atoms with van der Waals surface area (Å²) in [6, 6.07) is 23.8. The van der Waals surface area contributed by atoms with Crippen LogP contribution in [-0.4, -0.2) is 42.5 Å². The third kappa shape index (κ3) is 8.12. The Hall–Kier alpha value is -3.32. The lowest BCUT2D eigenvalue weighted by atomic mass is 10.0. The first kappa shape index (κ1) is 27.3. The number of carbonyl (C=O) groups is 2. The Morgan fingerprint density at radius 2 is 1.61 bits per heavy atom. The fourth-order valence-electron chi connectivity index (χ4n) is 3.73. The molecule has 3 aromatic rings. The highest BCUT2D eigenvalue weighted by atomic mass is 79.9. The van der Waals surface area contributed by atoms with Crippen LogP contribution in [0.2, 0.25) is 0 Å². The molecular weight excluding hydrogens is 520 g/mol. The van der Waals surface area contributed by atoms with E-state index >= 15 is 0 Å². The van der Waals surface area contributed by atoms with Crippen molar-refractivity contribution >= 4 is 27.7 Å². The maximum atomic E-state index is 13.6. The van der Waals surface area contributed by atoms with Gasteiger partial charge in [-0.1, -0.05) is 65.3 Å². The van der Waals surface area contributed by atoms with Crippen LogP contribution < -0.4 is 14.8 Å². The molecule has 0 aromatic heterocycles. The van der Waals surface area contributed by atoms with E-state index in [4.69, 9.17) is 9.47 Å². The van der Waals surface area contributed by atoms with Gasteiger partial charge in [0.15, 0.2) is 6.61 Å². The van der Waals surface area contributed by atoms with Gasteiger partial charge >= 0.3 is 0 Å². The highest BCUT2D eigenvalue weighted by molar-refractivity contribution is 9.10. The summed E-state index contributed by atoms with van der Waals surface area (Å²) in [5.41, 5.74) is 1.89. The highest BCUT2D eigenvalue weighted by Gasteiger charge is 2.31. The Bertz CT molecular complexity index is 1120. The van der Waals surface area contributed by atoms with Crippen LogP contribution in [0.4, 0.5) is 0 Å². The van der Waals surface area contributed by atoms with Crippen LogP contribution in [0.1, 0.15) is 31.4 Å². The molecule has 0 radical (unpaired) electrons. The number of amides is 2. The van der Waals surface area contributed by atoms with E-state index in [0.717, 1.165) is 22.0 Å². The molecule has 0 fully saturated rings. The Morgan fingerprint density at radius 3 is 2.25 bits per heavy atom. The zero-order chi connectivity index (χ0) is 25.9. The van der Waals surface area contributed by atoms with Crippen LogP contribution in [0.5, 0.6) is 11.5 Å². The van der Waals surface area contributed by atoms with Gasteiger partial charge in [-0.05, 0) is 60.9 Å². The Labute approximate surface area is 221 Å². The number of nitrogens with one attached hydrogen (secondary N) is 1. The maximum Gasteiger partial charge on any atom is 0.261 e. The Balaban J connectivity index is 1.89. The average Bonchev–Trinajstić information content (AvgIpc) is 2.90. The van der Waals surface area contributed by atoms with Gasteiger partial charge in [0.25, 0.3) is 5.91 Å². The maximum absolute atomic E-state index is 13.6. The zero-order valence-corrected chi connectivity index (χ0v) is 22.5. The summed E-state index contributed by atoms with van der Waals surface area (Å²) in [5, 5.41) is 3.07. The van der Waals surface area contributed by atoms with Crippen molar-refractivity contribution in [3.63, 3.8) is 0 Å². The summed E-state index contributed by atoms with van der Waals surface area (Å²) in [7, 11) is 1.59. The topological polar surface area (TPSA) is 67.9 Å². The molecule has 2 unspecified atom stereocenters. The zero-order valence-electron chi connectivity index (χ0n) is 20.9. The largest absolute Gasteiger partial charge is 0.497 e.